The van der Waals surface area contributed by atoms with Gasteiger partial charge in [0.2, 0.25) is 17.6 Å². The number of rotatable bonds is 9. The highest BCUT2D eigenvalue weighted by Gasteiger charge is 2.16. The third kappa shape index (κ3) is 5.92. The molecule has 1 aromatic heterocycles. The molecule has 0 fully saturated rings. The van der Waals surface area contributed by atoms with E-state index in [1.54, 1.807) is 36.3 Å². The number of aromatic nitrogens is 2. The fraction of sp³-hybridized carbons (Fsp3) is 0.286. The molecule has 1 amide bonds. The Kier molecular flexibility index (Phi) is 7.02. The van der Waals surface area contributed by atoms with Gasteiger partial charge in [-0.05, 0) is 42.0 Å². The second kappa shape index (κ2) is 9.88. The molecule has 1 heterocycles. The van der Waals surface area contributed by atoms with Crippen LogP contribution in [-0.2, 0) is 22.4 Å². The van der Waals surface area contributed by atoms with Crippen molar-refractivity contribution in [3.63, 3.8) is 0 Å². The van der Waals surface area contributed by atoms with Crippen LogP contribution < -0.4 is 0 Å². The number of nitrogens with zero attached hydrogens (tertiary/aromatic N) is 3. The normalized spacial score (nSPS) is 10.9. The van der Waals surface area contributed by atoms with E-state index in [1.165, 1.54) is 24.3 Å². The molecule has 3 aromatic rings. The van der Waals surface area contributed by atoms with Crippen LogP contribution in [0.15, 0.2) is 53.1 Å². The molecule has 6 nitrogen and oxygen atoms in total. The maximum absolute atomic E-state index is 13.0. The lowest BCUT2D eigenvalue weighted by molar-refractivity contribution is -0.131. The summed E-state index contributed by atoms with van der Waals surface area (Å²) in [7, 11) is 1.57. The van der Waals surface area contributed by atoms with Crippen molar-refractivity contribution in [2.75, 3.05) is 26.8 Å². The minimum atomic E-state index is -0.342. The summed E-state index contributed by atoms with van der Waals surface area (Å²) in [6.45, 7) is 1.17. The van der Waals surface area contributed by atoms with E-state index in [4.69, 9.17) is 9.26 Å². The van der Waals surface area contributed by atoms with Gasteiger partial charge in [-0.15, -0.1) is 0 Å². The van der Waals surface area contributed by atoms with Gasteiger partial charge in [-0.3, -0.25) is 4.79 Å². The van der Waals surface area contributed by atoms with Crippen LogP contribution in [0.4, 0.5) is 8.78 Å². The largest absolute Gasteiger partial charge is 0.383 e. The second-order valence-electron chi connectivity index (χ2n) is 6.45. The number of hydrogen-bond acceptors (Lipinski definition) is 5. The standard InChI is InChI=1S/C21H21F2N3O3/c1-28-13-12-26(20(27)14-15-2-6-17(22)7-3-15)11-10-19-24-21(25-29-19)16-4-8-18(23)9-5-16/h2-9H,10-14H2,1H3. The van der Waals surface area contributed by atoms with E-state index < -0.39 is 0 Å². The van der Waals surface area contributed by atoms with Crippen molar-refractivity contribution >= 4 is 5.91 Å². The third-order valence-corrected chi connectivity index (χ3v) is 4.35. The molecule has 3 rings (SSSR count). The van der Waals surface area contributed by atoms with E-state index in [9.17, 15) is 13.6 Å². The van der Waals surface area contributed by atoms with E-state index in [0.29, 0.717) is 43.4 Å². The van der Waals surface area contributed by atoms with Gasteiger partial charge in [-0.1, -0.05) is 17.3 Å². The zero-order valence-corrected chi connectivity index (χ0v) is 16.0. The predicted octanol–water partition coefficient (Wildman–Crippen LogP) is 3.28. The van der Waals surface area contributed by atoms with E-state index in [2.05, 4.69) is 10.1 Å². The summed E-state index contributed by atoms with van der Waals surface area (Å²) in [5.74, 6) is -0.0500. The predicted molar refractivity (Wildman–Crippen MR) is 102 cm³/mol. The first-order valence-electron chi connectivity index (χ1n) is 9.15. The zero-order chi connectivity index (χ0) is 20.6. The molecule has 0 radical (unpaired) electrons. The van der Waals surface area contributed by atoms with Gasteiger partial charge in [0.15, 0.2) is 0 Å². The van der Waals surface area contributed by atoms with Crippen molar-refractivity contribution in [3.05, 3.63) is 71.6 Å². The van der Waals surface area contributed by atoms with Gasteiger partial charge in [0.25, 0.3) is 0 Å². The first-order chi connectivity index (χ1) is 14.0. The number of carbonyl (C=O) groups excluding carboxylic acids is 1. The summed E-state index contributed by atoms with van der Waals surface area (Å²) < 4.78 is 36.4. The Bertz CT molecular complexity index is 927. The molecule has 0 atom stereocenters. The van der Waals surface area contributed by atoms with Gasteiger partial charge in [0, 0.05) is 32.2 Å². The number of carbonyl (C=O) groups is 1. The topological polar surface area (TPSA) is 68.5 Å². The summed E-state index contributed by atoms with van der Waals surface area (Å²) in [6, 6.07) is 11.6. The highest BCUT2D eigenvalue weighted by atomic mass is 19.1. The van der Waals surface area contributed by atoms with Gasteiger partial charge < -0.3 is 14.2 Å². The number of halogens is 2. The van der Waals surface area contributed by atoms with Crippen LogP contribution >= 0.6 is 0 Å². The van der Waals surface area contributed by atoms with Gasteiger partial charge >= 0.3 is 0 Å². The molecule has 0 bridgehead atoms. The van der Waals surface area contributed by atoms with E-state index in [0.717, 1.165) is 5.56 Å². The van der Waals surface area contributed by atoms with Crippen LogP contribution in [0.25, 0.3) is 11.4 Å². The Labute approximate surface area is 167 Å². The van der Waals surface area contributed by atoms with Crippen molar-refractivity contribution in [2.45, 2.75) is 12.8 Å². The lowest BCUT2D eigenvalue weighted by atomic mass is 10.1. The van der Waals surface area contributed by atoms with Crippen molar-refractivity contribution < 1.29 is 22.8 Å². The first kappa shape index (κ1) is 20.6. The Morgan fingerprint density at radius 1 is 1.03 bits per heavy atom. The summed E-state index contributed by atoms with van der Waals surface area (Å²) in [5.41, 5.74) is 1.38. The Morgan fingerprint density at radius 3 is 2.34 bits per heavy atom. The fourth-order valence-corrected chi connectivity index (χ4v) is 2.75. The summed E-state index contributed by atoms with van der Waals surface area (Å²) in [4.78, 5) is 18.6. The number of amides is 1. The molecule has 0 spiro atoms. The molecule has 0 aliphatic carbocycles. The number of hydrogen-bond donors (Lipinski definition) is 0. The smallest absolute Gasteiger partial charge is 0.228 e. The highest BCUT2D eigenvalue weighted by molar-refractivity contribution is 5.78. The molecule has 0 unspecified atom stereocenters. The van der Waals surface area contributed by atoms with Crippen LogP contribution in [-0.4, -0.2) is 47.8 Å². The molecule has 0 aliphatic heterocycles. The van der Waals surface area contributed by atoms with Gasteiger partial charge in [0.1, 0.15) is 11.6 Å². The Hall–Kier alpha value is -3.13. The monoisotopic (exact) mass is 401 g/mol. The SMILES string of the molecule is COCCN(CCc1nc(-c2ccc(F)cc2)no1)C(=O)Cc1ccc(F)cc1. The fourth-order valence-electron chi connectivity index (χ4n) is 2.75. The maximum atomic E-state index is 13.0. The highest BCUT2D eigenvalue weighted by Crippen LogP contribution is 2.16. The van der Waals surface area contributed by atoms with Crippen LogP contribution in [0.5, 0.6) is 0 Å². The van der Waals surface area contributed by atoms with Crippen LogP contribution in [0.2, 0.25) is 0 Å². The average Bonchev–Trinajstić information content (AvgIpc) is 3.19. The number of ether oxygens (including phenoxy) is 1. The summed E-state index contributed by atoms with van der Waals surface area (Å²) >= 11 is 0. The van der Waals surface area contributed by atoms with Crippen LogP contribution in [0.3, 0.4) is 0 Å². The van der Waals surface area contributed by atoms with Crippen molar-refractivity contribution in [1.29, 1.82) is 0 Å². The molecule has 2 aromatic carbocycles. The minimum absolute atomic E-state index is 0.105. The van der Waals surface area contributed by atoms with Crippen molar-refractivity contribution in [1.82, 2.24) is 15.0 Å². The Morgan fingerprint density at radius 2 is 1.69 bits per heavy atom. The van der Waals surface area contributed by atoms with Gasteiger partial charge in [-0.2, -0.15) is 4.98 Å². The number of benzene rings is 2. The zero-order valence-electron chi connectivity index (χ0n) is 16.0. The van der Waals surface area contributed by atoms with E-state index in [1.807, 2.05) is 0 Å². The maximum Gasteiger partial charge on any atom is 0.228 e. The molecule has 0 aliphatic rings. The molecule has 152 valence electrons. The molecule has 8 heteroatoms. The van der Waals surface area contributed by atoms with Crippen molar-refractivity contribution in [3.8, 4) is 11.4 Å². The average molecular weight is 401 g/mol. The van der Waals surface area contributed by atoms with Crippen LogP contribution in [0, 0.1) is 11.6 Å². The van der Waals surface area contributed by atoms with E-state index >= 15 is 0 Å². The second-order valence-corrected chi connectivity index (χ2v) is 6.45. The summed E-state index contributed by atoms with van der Waals surface area (Å²) in [6.07, 6.45) is 0.529. The molecule has 0 N–H and O–H groups in total. The first-order valence-corrected chi connectivity index (χ1v) is 9.15. The van der Waals surface area contributed by atoms with Crippen molar-refractivity contribution in [2.24, 2.45) is 0 Å². The Balaban J connectivity index is 1.62. The summed E-state index contributed by atoms with van der Waals surface area (Å²) in [5, 5.41) is 3.90. The van der Waals surface area contributed by atoms with E-state index in [-0.39, 0.29) is 24.0 Å². The molecule has 29 heavy (non-hydrogen) atoms. The van der Waals surface area contributed by atoms with Crippen LogP contribution in [0.1, 0.15) is 11.5 Å². The van der Waals surface area contributed by atoms with Gasteiger partial charge in [-0.25, -0.2) is 8.78 Å². The molecular formula is C21H21F2N3O3. The lowest BCUT2D eigenvalue weighted by Crippen LogP contribution is -2.36. The number of methoxy groups -OCH3 is 1. The lowest BCUT2D eigenvalue weighted by Gasteiger charge is -2.21. The quantitative estimate of drug-likeness (QED) is 0.551. The molecular weight excluding hydrogens is 380 g/mol. The minimum Gasteiger partial charge on any atom is -0.383 e. The molecule has 0 saturated heterocycles. The van der Waals surface area contributed by atoms with Gasteiger partial charge in [0.05, 0.1) is 13.0 Å². The third-order valence-electron chi connectivity index (χ3n) is 4.35. The molecule has 0 saturated carbocycles.